The number of benzene rings is 1. The smallest absolute Gasteiger partial charge is 0.328 e. The van der Waals surface area contributed by atoms with Crippen molar-refractivity contribution in [2.45, 2.75) is 82.0 Å². The fourth-order valence-corrected chi connectivity index (χ4v) is 7.57. The highest BCUT2D eigenvalue weighted by molar-refractivity contribution is 7.49. The van der Waals surface area contributed by atoms with Crippen LogP contribution in [0.2, 0.25) is 0 Å². The summed E-state index contributed by atoms with van der Waals surface area (Å²) in [4.78, 5) is 40.2. The predicted octanol–water partition coefficient (Wildman–Crippen LogP) is 2.60. The van der Waals surface area contributed by atoms with Crippen molar-refractivity contribution in [1.29, 1.82) is 0 Å². The molecule has 2 unspecified atom stereocenters. The first-order valence-corrected chi connectivity index (χ1v) is 13.9. The number of amides is 1. The van der Waals surface area contributed by atoms with Crippen LogP contribution < -0.4 is 16.8 Å². The average molecular weight is 524 g/mol. The van der Waals surface area contributed by atoms with Crippen LogP contribution in [0.25, 0.3) is 0 Å². The standard InChI is InChI=1S/C26H42N3O6P/c1-17(2)20(21(30)34-5)29-23(32)26(28,18(3)4)22(31)24(14-10-11-15-24)36(33)25(27,35-6)16-19-12-8-7-9-13-19/h7-9,12-13,17-18,20,36H,10-11,14-16,27-28H2,1-6H3,(H,29,32)/t20-,25?,26+/m0/s1. The molecule has 2 rings (SSSR count). The van der Waals surface area contributed by atoms with Gasteiger partial charge in [0.05, 0.1) is 12.3 Å². The molecule has 0 heterocycles. The first kappa shape index (κ1) is 30.2. The van der Waals surface area contributed by atoms with Crippen molar-refractivity contribution in [3.63, 3.8) is 0 Å². The first-order chi connectivity index (χ1) is 16.8. The second-order valence-electron chi connectivity index (χ2n) is 10.4. The van der Waals surface area contributed by atoms with Gasteiger partial charge in [-0.25, -0.2) is 4.79 Å². The summed E-state index contributed by atoms with van der Waals surface area (Å²) in [6, 6.07) is 8.28. The van der Waals surface area contributed by atoms with Crippen molar-refractivity contribution in [3.05, 3.63) is 35.9 Å². The molecule has 202 valence electrons. The van der Waals surface area contributed by atoms with E-state index in [0.29, 0.717) is 25.7 Å². The van der Waals surface area contributed by atoms with Gasteiger partial charge in [0.1, 0.15) is 13.8 Å². The summed E-state index contributed by atoms with van der Waals surface area (Å²) in [5, 5.41) is 1.23. The summed E-state index contributed by atoms with van der Waals surface area (Å²) in [5.41, 5.74) is 10.4. The number of Topliss-reactive ketones (excluding diaryl/α,β-unsaturated/α-hetero) is 1. The van der Waals surface area contributed by atoms with E-state index in [1.807, 2.05) is 30.3 Å². The number of hydrogen-bond acceptors (Lipinski definition) is 8. The zero-order chi connectivity index (χ0) is 27.3. The molecule has 1 aromatic carbocycles. The van der Waals surface area contributed by atoms with Crippen molar-refractivity contribution < 1.29 is 28.4 Å². The van der Waals surface area contributed by atoms with E-state index in [0.717, 1.165) is 5.56 Å². The molecular formula is C26H42N3O6P. The molecule has 4 atom stereocenters. The molecule has 36 heavy (non-hydrogen) atoms. The van der Waals surface area contributed by atoms with E-state index in [1.54, 1.807) is 27.7 Å². The molecule has 0 aromatic heterocycles. The second-order valence-corrected chi connectivity index (χ2v) is 12.9. The van der Waals surface area contributed by atoms with Crippen LogP contribution in [0.4, 0.5) is 0 Å². The van der Waals surface area contributed by atoms with Gasteiger partial charge in [-0.2, -0.15) is 0 Å². The van der Waals surface area contributed by atoms with E-state index >= 15 is 0 Å². The topological polar surface area (TPSA) is 151 Å². The highest BCUT2D eigenvalue weighted by atomic mass is 31.1. The monoisotopic (exact) mass is 523 g/mol. The molecule has 0 saturated heterocycles. The van der Waals surface area contributed by atoms with Gasteiger partial charge in [-0.3, -0.25) is 15.3 Å². The first-order valence-electron chi connectivity index (χ1n) is 12.5. The Hall–Kier alpha value is -2.06. The predicted molar refractivity (Wildman–Crippen MR) is 140 cm³/mol. The van der Waals surface area contributed by atoms with Crippen LogP contribution in [0.3, 0.4) is 0 Å². The third-order valence-corrected chi connectivity index (χ3v) is 10.2. The van der Waals surface area contributed by atoms with Gasteiger partial charge in [0.2, 0.25) is 5.91 Å². The Balaban J connectivity index is 2.51. The van der Waals surface area contributed by atoms with Gasteiger partial charge < -0.3 is 25.1 Å². The number of methoxy groups -OCH3 is 2. The number of carbonyl (C=O) groups excluding carboxylic acids is 3. The van der Waals surface area contributed by atoms with Crippen LogP contribution in [-0.4, -0.2) is 54.1 Å². The Morgan fingerprint density at radius 1 is 1.06 bits per heavy atom. The molecule has 1 aliphatic rings. The zero-order valence-corrected chi connectivity index (χ0v) is 23.3. The quantitative estimate of drug-likeness (QED) is 0.164. The molecule has 9 nitrogen and oxygen atoms in total. The molecule has 0 aliphatic heterocycles. The highest BCUT2D eigenvalue weighted by Crippen LogP contribution is 2.58. The third kappa shape index (κ3) is 5.75. The summed E-state index contributed by atoms with van der Waals surface area (Å²) >= 11 is 0. The second kappa shape index (κ2) is 12.0. The molecule has 5 N–H and O–H groups in total. The largest absolute Gasteiger partial charge is 0.467 e. The molecule has 1 aromatic rings. The summed E-state index contributed by atoms with van der Waals surface area (Å²) in [6.07, 6.45) is 2.04. The van der Waals surface area contributed by atoms with Gasteiger partial charge in [-0.05, 0) is 30.2 Å². The Morgan fingerprint density at radius 2 is 1.61 bits per heavy atom. The lowest BCUT2D eigenvalue weighted by Gasteiger charge is -2.43. The Morgan fingerprint density at radius 3 is 2.06 bits per heavy atom. The number of ketones is 1. The van der Waals surface area contributed by atoms with E-state index in [1.165, 1.54) is 14.2 Å². The molecule has 1 amide bonds. The summed E-state index contributed by atoms with van der Waals surface area (Å²) < 4.78 is 24.7. The maximum Gasteiger partial charge on any atom is 0.328 e. The van der Waals surface area contributed by atoms with Gasteiger partial charge in [-0.1, -0.05) is 70.9 Å². The number of nitrogens with one attached hydrogen (secondary N) is 1. The lowest BCUT2D eigenvalue weighted by Crippen LogP contribution is -2.69. The SMILES string of the molecule is COC(=O)[C@@H](NC(=O)[C@](N)(C(=O)C1([PH](=O)C(N)(Cc2ccccc2)OC)CCCC1)C(C)C)C(C)C. The maximum absolute atomic E-state index is 14.3. The summed E-state index contributed by atoms with van der Waals surface area (Å²) in [5.74, 6) is -2.99. The van der Waals surface area contributed by atoms with Crippen LogP contribution in [0, 0.1) is 11.8 Å². The number of rotatable bonds is 12. The van der Waals surface area contributed by atoms with Crippen LogP contribution >= 0.6 is 7.80 Å². The fourth-order valence-electron chi connectivity index (χ4n) is 4.99. The van der Waals surface area contributed by atoms with Crippen molar-refractivity contribution in [2.24, 2.45) is 23.3 Å². The summed E-state index contributed by atoms with van der Waals surface area (Å²) in [7, 11) is -0.410. The van der Waals surface area contributed by atoms with Gasteiger partial charge in [0.15, 0.2) is 16.8 Å². The molecule has 1 fully saturated rings. The number of nitrogens with two attached hydrogens (primary N) is 2. The average Bonchev–Trinajstić information content (AvgIpc) is 3.36. The minimum atomic E-state index is -3.02. The van der Waals surface area contributed by atoms with Gasteiger partial charge >= 0.3 is 5.97 Å². The van der Waals surface area contributed by atoms with Crippen molar-refractivity contribution >= 4 is 25.5 Å². The number of carbonyl (C=O) groups is 3. The lowest BCUT2D eigenvalue weighted by molar-refractivity contribution is -0.149. The van der Waals surface area contributed by atoms with Gasteiger partial charge in [0.25, 0.3) is 0 Å². The summed E-state index contributed by atoms with van der Waals surface area (Å²) in [6.45, 7) is 6.82. The number of ether oxygens (including phenoxy) is 2. The molecule has 0 bridgehead atoms. The minimum absolute atomic E-state index is 0.139. The maximum atomic E-state index is 14.3. The van der Waals surface area contributed by atoms with Gasteiger partial charge in [0, 0.05) is 13.5 Å². The van der Waals surface area contributed by atoms with Gasteiger partial charge in [-0.15, -0.1) is 0 Å². The fraction of sp³-hybridized carbons (Fsp3) is 0.654. The van der Waals surface area contributed by atoms with Crippen LogP contribution in [0.15, 0.2) is 30.3 Å². The highest BCUT2D eigenvalue weighted by Gasteiger charge is 2.61. The van der Waals surface area contributed by atoms with Crippen LogP contribution in [0.1, 0.15) is 58.9 Å². The normalized spacial score (nSPS) is 20.3. The Bertz CT molecular complexity index is 964. The van der Waals surface area contributed by atoms with Crippen molar-refractivity contribution in [1.82, 2.24) is 5.32 Å². The third-order valence-electron chi connectivity index (χ3n) is 7.46. The van der Waals surface area contributed by atoms with Crippen LogP contribution in [-0.2, 0) is 34.8 Å². The Labute approximate surface area is 214 Å². The Kier molecular flexibility index (Phi) is 10.0. The molecule has 1 aliphatic carbocycles. The molecular weight excluding hydrogens is 481 g/mol. The lowest BCUT2D eigenvalue weighted by atomic mass is 9.76. The van der Waals surface area contributed by atoms with Crippen molar-refractivity contribution in [2.75, 3.05) is 14.2 Å². The van der Waals surface area contributed by atoms with E-state index in [2.05, 4.69) is 5.32 Å². The zero-order valence-electron chi connectivity index (χ0n) is 22.3. The molecule has 0 radical (unpaired) electrons. The van der Waals surface area contributed by atoms with Crippen molar-refractivity contribution in [3.8, 4) is 0 Å². The number of hydrogen-bond donors (Lipinski definition) is 3. The van der Waals surface area contributed by atoms with E-state index < -0.39 is 53.6 Å². The van der Waals surface area contributed by atoms with E-state index in [-0.39, 0.29) is 12.3 Å². The molecule has 10 heteroatoms. The minimum Gasteiger partial charge on any atom is -0.467 e. The van der Waals surface area contributed by atoms with E-state index in [4.69, 9.17) is 20.9 Å². The number of esters is 1. The molecule has 0 spiro atoms. The van der Waals surface area contributed by atoms with E-state index in [9.17, 15) is 18.9 Å². The molecule has 1 saturated carbocycles. The van der Waals surface area contributed by atoms with Crippen LogP contribution in [0.5, 0.6) is 0 Å².